The molecule has 0 unspecified atom stereocenters. The summed E-state index contributed by atoms with van der Waals surface area (Å²) in [6, 6.07) is 0. The molecule has 1 heterocycles. The van der Waals surface area contributed by atoms with E-state index in [9.17, 15) is 0 Å². The van der Waals surface area contributed by atoms with Crippen molar-refractivity contribution >= 4 is 5.96 Å². The molecule has 0 bridgehead atoms. The van der Waals surface area contributed by atoms with Crippen molar-refractivity contribution in [2.45, 2.75) is 33.6 Å². The zero-order chi connectivity index (χ0) is 12.7. The maximum absolute atomic E-state index is 5.04. The third kappa shape index (κ3) is 4.94. The summed E-state index contributed by atoms with van der Waals surface area (Å²) in [5.74, 6) is 1.06. The van der Waals surface area contributed by atoms with Crippen molar-refractivity contribution in [1.29, 1.82) is 0 Å². The number of likely N-dealkylation sites (tertiary alicyclic amines) is 1. The van der Waals surface area contributed by atoms with E-state index in [1.54, 1.807) is 7.11 Å². The van der Waals surface area contributed by atoms with Gasteiger partial charge in [0.1, 0.15) is 0 Å². The van der Waals surface area contributed by atoms with Crippen molar-refractivity contribution < 1.29 is 4.74 Å². The molecule has 1 rings (SSSR count). The monoisotopic (exact) mass is 241 g/mol. The van der Waals surface area contributed by atoms with Gasteiger partial charge in [0, 0.05) is 39.9 Å². The highest BCUT2D eigenvalue weighted by molar-refractivity contribution is 5.80. The van der Waals surface area contributed by atoms with Crippen LogP contribution in [0, 0.1) is 5.41 Å². The maximum Gasteiger partial charge on any atom is 0.193 e. The topological polar surface area (TPSA) is 36.9 Å². The fraction of sp³-hybridized carbons (Fsp3) is 0.923. The van der Waals surface area contributed by atoms with Gasteiger partial charge in [-0.05, 0) is 25.2 Å². The Morgan fingerprint density at radius 1 is 1.47 bits per heavy atom. The van der Waals surface area contributed by atoms with Crippen LogP contribution in [-0.2, 0) is 4.74 Å². The van der Waals surface area contributed by atoms with Gasteiger partial charge in [0.15, 0.2) is 5.96 Å². The first-order valence-electron chi connectivity index (χ1n) is 6.61. The minimum absolute atomic E-state index is 0.419. The number of hydrogen-bond acceptors (Lipinski definition) is 2. The molecule has 1 saturated heterocycles. The summed E-state index contributed by atoms with van der Waals surface area (Å²) in [5, 5.41) is 3.37. The van der Waals surface area contributed by atoms with E-state index in [4.69, 9.17) is 4.74 Å². The van der Waals surface area contributed by atoms with Gasteiger partial charge in [0.25, 0.3) is 0 Å². The molecule has 0 aromatic rings. The molecule has 100 valence electrons. The summed E-state index contributed by atoms with van der Waals surface area (Å²) < 4.78 is 5.04. The minimum atomic E-state index is 0.419. The van der Waals surface area contributed by atoms with Crippen molar-refractivity contribution in [2.24, 2.45) is 10.4 Å². The van der Waals surface area contributed by atoms with Gasteiger partial charge >= 0.3 is 0 Å². The smallest absolute Gasteiger partial charge is 0.193 e. The average molecular weight is 241 g/mol. The number of hydrogen-bond donors (Lipinski definition) is 1. The minimum Gasteiger partial charge on any atom is -0.385 e. The summed E-state index contributed by atoms with van der Waals surface area (Å²) in [7, 11) is 1.73. The molecule has 4 heteroatoms. The van der Waals surface area contributed by atoms with Crippen molar-refractivity contribution in [2.75, 3.05) is 39.9 Å². The first-order valence-corrected chi connectivity index (χ1v) is 6.61. The summed E-state index contributed by atoms with van der Waals surface area (Å²) in [6.45, 7) is 11.5. The SMILES string of the molecule is CCNC(=NCCCOC)N1CCC(C)(C)C1. The van der Waals surface area contributed by atoms with Crippen LogP contribution in [0.4, 0.5) is 0 Å². The molecule has 4 nitrogen and oxygen atoms in total. The number of methoxy groups -OCH3 is 1. The molecule has 0 saturated carbocycles. The molecule has 0 radical (unpaired) electrons. The Morgan fingerprint density at radius 3 is 2.76 bits per heavy atom. The summed E-state index contributed by atoms with van der Waals surface area (Å²) in [4.78, 5) is 7.02. The molecule has 0 aromatic carbocycles. The van der Waals surface area contributed by atoms with Crippen molar-refractivity contribution in [3.8, 4) is 0 Å². The summed E-state index contributed by atoms with van der Waals surface area (Å²) in [6.07, 6.45) is 2.23. The fourth-order valence-electron chi connectivity index (χ4n) is 2.11. The lowest BCUT2D eigenvalue weighted by atomic mass is 9.93. The molecule has 1 aliphatic rings. The van der Waals surface area contributed by atoms with E-state index in [1.807, 2.05) is 0 Å². The molecule has 17 heavy (non-hydrogen) atoms. The second kappa shape index (κ2) is 6.84. The molecule has 1 aliphatic heterocycles. The van der Waals surface area contributed by atoms with Gasteiger partial charge in [-0.25, -0.2) is 0 Å². The largest absolute Gasteiger partial charge is 0.385 e. The average Bonchev–Trinajstić information content (AvgIpc) is 2.63. The quantitative estimate of drug-likeness (QED) is 0.452. The molecule has 0 aliphatic carbocycles. The second-order valence-electron chi connectivity index (χ2n) is 5.42. The zero-order valence-corrected chi connectivity index (χ0v) is 11.8. The van der Waals surface area contributed by atoms with Gasteiger partial charge in [-0.2, -0.15) is 0 Å². The van der Waals surface area contributed by atoms with Gasteiger partial charge in [0.05, 0.1) is 0 Å². The van der Waals surface area contributed by atoms with E-state index in [2.05, 4.69) is 36.0 Å². The molecule has 1 N–H and O–H groups in total. The lowest BCUT2D eigenvalue weighted by Gasteiger charge is -2.23. The number of nitrogens with one attached hydrogen (secondary N) is 1. The fourth-order valence-corrected chi connectivity index (χ4v) is 2.11. The summed E-state index contributed by atoms with van der Waals surface area (Å²) in [5.41, 5.74) is 0.419. The number of aliphatic imine (C=N–C) groups is 1. The van der Waals surface area contributed by atoms with E-state index in [-0.39, 0.29) is 0 Å². The Hall–Kier alpha value is -0.770. The van der Waals surface area contributed by atoms with Crippen molar-refractivity contribution in [1.82, 2.24) is 10.2 Å². The highest BCUT2D eigenvalue weighted by Gasteiger charge is 2.30. The number of rotatable bonds is 5. The lowest BCUT2D eigenvalue weighted by Crippen LogP contribution is -2.40. The van der Waals surface area contributed by atoms with Crippen LogP contribution < -0.4 is 5.32 Å². The van der Waals surface area contributed by atoms with Crippen LogP contribution in [0.15, 0.2) is 4.99 Å². The van der Waals surface area contributed by atoms with Crippen LogP contribution in [0.2, 0.25) is 0 Å². The predicted octanol–water partition coefficient (Wildman–Crippen LogP) is 1.72. The highest BCUT2D eigenvalue weighted by Crippen LogP contribution is 2.28. The van der Waals surface area contributed by atoms with Crippen LogP contribution in [-0.4, -0.2) is 50.8 Å². The Labute approximate surface area is 105 Å². The standard InChI is InChI=1S/C13H27N3O/c1-5-14-12(15-8-6-10-17-4)16-9-7-13(2,3)11-16/h5-11H2,1-4H3,(H,14,15). The van der Waals surface area contributed by atoms with Gasteiger partial charge < -0.3 is 15.0 Å². The normalized spacial score (nSPS) is 19.8. The number of guanidine groups is 1. The van der Waals surface area contributed by atoms with Crippen LogP contribution in [0.3, 0.4) is 0 Å². The van der Waals surface area contributed by atoms with Crippen LogP contribution in [0.5, 0.6) is 0 Å². The molecule has 0 aromatic heterocycles. The van der Waals surface area contributed by atoms with Gasteiger partial charge in [-0.3, -0.25) is 4.99 Å². The second-order valence-corrected chi connectivity index (χ2v) is 5.42. The molecular weight excluding hydrogens is 214 g/mol. The van der Waals surface area contributed by atoms with E-state index >= 15 is 0 Å². The van der Waals surface area contributed by atoms with Gasteiger partial charge in [-0.15, -0.1) is 0 Å². The van der Waals surface area contributed by atoms with Crippen molar-refractivity contribution in [3.05, 3.63) is 0 Å². The first kappa shape index (κ1) is 14.3. The molecule has 0 amide bonds. The van der Waals surface area contributed by atoms with Crippen LogP contribution >= 0.6 is 0 Å². The Morgan fingerprint density at radius 2 is 2.24 bits per heavy atom. The number of ether oxygens (including phenoxy) is 1. The van der Waals surface area contributed by atoms with E-state index < -0.39 is 0 Å². The van der Waals surface area contributed by atoms with Gasteiger partial charge in [0.2, 0.25) is 0 Å². The van der Waals surface area contributed by atoms with Gasteiger partial charge in [-0.1, -0.05) is 13.8 Å². The zero-order valence-electron chi connectivity index (χ0n) is 11.8. The third-order valence-electron chi connectivity index (χ3n) is 3.08. The molecule has 0 atom stereocenters. The Balaban J connectivity index is 2.47. The van der Waals surface area contributed by atoms with Crippen molar-refractivity contribution in [3.63, 3.8) is 0 Å². The van der Waals surface area contributed by atoms with E-state index in [0.717, 1.165) is 45.2 Å². The third-order valence-corrected chi connectivity index (χ3v) is 3.08. The van der Waals surface area contributed by atoms with E-state index in [0.29, 0.717) is 5.41 Å². The molecular formula is C13H27N3O. The highest BCUT2D eigenvalue weighted by atomic mass is 16.5. The van der Waals surface area contributed by atoms with Crippen LogP contribution in [0.1, 0.15) is 33.6 Å². The summed E-state index contributed by atoms with van der Waals surface area (Å²) >= 11 is 0. The predicted molar refractivity (Wildman–Crippen MR) is 72.4 cm³/mol. The van der Waals surface area contributed by atoms with Crippen LogP contribution in [0.25, 0.3) is 0 Å². The molecule has 1 fully saturated rings. The Kier molecular flexibility index (Phi) is 5.75. The number of nitrogens with zero attached hydrogens (tertiary/aromatic N) is 2. The lowest BCUT2D eigenvalue weighted by molar-refractivity contribution is 0.197. The first-order chi connectivity index (χ1) is 8.09. The maximum atomic E-state index is 5.04. The molecule has 0 spiro atoms. The Bertz CT molecular complexity index is 251. The van der Waals surface area contributed by atoms with E-state index in [1.165, 1.54) is 6.42 Å².